The fourth-order valence-corrected chi connectivity index (χ4v) is 3.98. The molecule has 1 saturated heterocycles. The molecule has 0 bridgehead atoms. The van der Waals surface area contributed by atoms with Gasteiger partial charge in [0.25, 0.3) is 5.91 Å². The number of aryl methyl sites for hydroxylation is 1. The van der Waals surface area contributed by atoms with Gasteiger partial charge in [-0.05, 0) is 43.7 Å². The lowest BCUT2D eigenvalue weighted by atomic mass is 9.98. The third-order valence-electron chi connectivity index (χ3n) is 4.44. The average molecular weight is 326 g/mol. The van der Waals surface area contributed by atoms with Crippen LogP contribution in [0.3, 0.4) is 0 Å². The summed E-state index contributed by atoms with van der Waals surface area (Å²) < 4.78 is 1.97. The van der Waals surface area contributed by atoms with E-state index in [0.29, 0.717) is 0 Å². The molecule has 6 heteroatoms. The largest absolute Gasteiger partial charge is 0.329 e. The maximum Gasteiger partial charge on any atom is 0.264 e. The van der Waals surface area contributed by atoms with Crippen LogP contribution >= 0.6 is 11.3 Å². The molecule has 4 heterocycles. The van der Waals surface area contributed by atoms with Crippen molar-refractivity contribution in [3.8, 4) is 0 Å². The topological polar surface area (TPSA) is 50.5 Å². The van der Waals surface area contributed by atoms with E-state index in [2.05, 4.69) is 11.1 Å². The molecule has 0 spiro atoms. The van der Waals surface area contributed by atoms with E-state index in [-0.39, 0.29) is 11.9 Å². The Morgan fingerprint density at radius 3 is 3.13 bits per heavy atom. The first-order chi connectivity index (χ1) is 11.2. The Balaban J connectivity index is 1.73. The smallest absolute Gasteiger partial charge is 0.264 e. The van der Waals surface area contributed by atoms with Crippen LogP contribution in [0.2, 0.25) is 0 Å². The maximum atomic E-state index is 12.8. The van der Waals surface area contributed by atoms with Gasteiger partial charge in [-0.3, -0.25) is 9.20 Å². The van der Waals surface area contributed by atoms with Crippen molar-refractivity contribution in [2.24, 2.45) is 0 Å². The molecule has 3 aromatic rings. The zero-order valence-corrected chi connectivity index (χ0v) is 13.8. The predicted molar refractivity (Wildman–Crippen MR) is 89.7 cm³/mol. The summed E-state index contributed by atoms with van der Waals surface area (Å²) in [7, 11) is 0. The van der Waals surface area contributed by atoms with Crippen molar-refractivity contribution in [2.45, 2.75) is 32.2 Å². The molecule has 0 aromatic carbocycles. The number of nitrogens with zero attached hydrogens (tertiary/aromatic N) is 4. The highest BCUT2D eigenvalue weighted by molar-refractivity contribution is 7.12. The van der Waals surface area contributed by atoms with Gasteiger partial charge in [0.15, 0.2) is 0 Å². The second kappa shape index (κ2) is 5.77. The molecule has 4 rings (SSSR count). The highest BCUT2D eigenvalue weighted by Gasteiger charge is 2.30. The molecule has 1 aliphatic heterocycles. The van der Waals surface area contributed by atoms with E-state index in [1.165, 1.54) is 11.3 Å². The van der Waals surface area contributed by atoms with Gasteiger partial charge in [0.1, 0.15) is 12.2 Å². The van der Waals surface area contributed by atoms with E-state index >= 15 is 0 Å². The summed E-state index contributed by atoms with van der Waals surface area (Å²) in [5.41, 5.74) is 2.00. The Morgan fingerprint density at radius 2 is 2.30 bits per heavy atom. The number of hydrogen-bond donors (Lipinski definition) is 0. The van der Waals surface area contributed by atoms with Crippen molar-refractivity contribution >= 4 is 22.8 Å². The van der Waals surface area contributed by atoms with E-state index in [9.17, 15) is 4.79 Å². The van der Waals surface area contributed by atoms with Gasteiger partial charge >= 0.3 is 0 Å². The number of thiophene rings is 1. The number of hydrogen-bond acceptors (Lipinski definition) is 4. The minimum absolute atomic E-state index is 0.0527. The summed E-state index contributed by atoms with van der Waals surface area (Å²) in [4.78, 5) is 24.6. The molecule has 0 saturated carbocycles. The molecule has 1 amide bonds. The second-order valence-corrected chi connectivity index (χ2v) is 6.85. The number of piperidine rings is 1. The monoisotopic (exact) mass is 326 g/mol. The third kappa shape index (κ3) is 2.53. The Labute approximate surface area is 138 Å². The second-order valence-electron chi connectivity index (χ2n) is 5.90. The lowest BCUT2D eigenvalue weighted by Crippen LogP contribution is -2.38. The van der Waals surface area contributed by atoms with E-state index < -0.39 is 0 Å². The summed E-state index contributed by atoms with van der Waals surface area (Å²) in [6, 6.07) is 5.94. The van der Waals surface area contributed by atoms with Gasteiger partial charge < -0.3 is 4.90 Å². The van der Waals surface area contributed by atoms with Crippen LogP contribution in [0, 0.1) is 6.92 Å². The normalized spacial score (nSPS) is 18.5. The molecule has 0 unspecified atom stereocenters. The molecule has 118 valence electrons. The Hall–Kier alpha value is -2.21. The Morgan fingerprint density at radius 1 is 1.39 bits per heavy atom. The van der Waals surface area contributed by atoms with Gasteiger partial charge in [-0.15, -0.1) is 11.3 Å². The number of imidazole rings is 1. The fraction of sp³-hybridized carbons (Fsp3) is 0.353. The summed E-state index contributed by atoms with van der Waals surface area (Å²) in [5.74, 6) is 1.03. The van der Waals surface area contributed by atoms with Gasteiger partial charge in [0, 0.05) is 6.54 Å². The number of carbonyl (C=O) groups excluding carboxylic acids is 1. The molecular weight excluding hydrogens is 308 g/mol. The van der Waals surface area contributed by atoms with Crippen molar-refractivity contribution in [3.63, 3.8) is 0 Å². The van der Waals surface area contributed by atoms with E-state index in [1.54, 1.807) is 6.33 Å². The van der Waals surface area contributed by atoms with E-state index in [4.69, 9.17) is 4.98 Å². The fourth-order valence-electron chi connectivity index (χ4n) is 3.30. The Kier molecular flexibility index (Phi) is 3.61. The standard InChI is InChI=1S/C17H18N4OS/c1-12-19-14(9-13-10-18-11-21(12)13)15-5-2-3-7-20(15)17(22)16-6-4-8-23-16/h4,6,8-11,15H,2-3,5,7H2,1H3/t15-/m0/s1. The van der Waals surface area contributed by atoms with E-state index in [0.717, 1.165) is 47.7 Å². The van der Waals surface area contributed by atoms with Crippen LogP contribution in [0.1, 0.15) is 46.5 Å². The van der Waals surface area contributed by atoms with Crippen LogP contribution < -0.4 is 0 Å². The van der Waals surface area contributed by atoms with Crippen LogP contribution in [0.5, 0.6) is 0 Å². The van der Waals surface area contributed by atoms with Crippen LogP contribution in [-0.2, 0) is 0 Å². The molecule has 23 heavy (non-hydrogen) atoms. The van der Waals surface area contributed by atoms with Gasteiger partial charge in [-0.25, -0.2) is 9.97 Å². The number of likely N-dealkylation sites (tertiary alicyclic amines) is 1. The summed E-state index contributed by atoms with van der Waals surface area (Å²) >= 11 is 1.50. The molecule has 1 atom stereocenters. The lowest BCUT2D eigenvalue weighted by Gasteiger charge is -2.35. The lowest BCUT2D eigenvalue weighted by molar-refractivity contribution is 0.0611. The first kappa shape index (κ1) is 14.4. The molecule has 0 radical (unpaired) electrons. The summed E-state index contributed by atoms with van der Waals surface area (Å²) in [6.07, 6.45) is 6.77. The summed E-state index contributed by atoms with van der Waals surface area (Å²) in [6.45, 7) is 2.78. The van der Waals surface area contributed by atoms with Crippen molar-refractivity contribution in [1.82, 2.24) is 19.3 Å². The highest BCUT2D eigenvalue weighted by Crippen LogP contribution is 2.32. The molecule has 0 aliphatic carbocycles. The Bertz CT molecular complexity index is 840. The summed E-state index contributed by atoms with van der Waals surface area (Å²) in [5, 5.41) is 1.95. The molecule has 1 aliphatic rings. The average Bonchev–Trinajstić information content (AvgIpc) is 3.25. The molecule has 5 nitrogen and oxygen atoms in total. The van der Waals surface area contributed by atoms with Gasteiger partial charge in [0.05, 0.1) is 28.3 Å². The number of carbonyl (C=O) groups is 1. The number of aromatic nitrogens is 3. The molecule has 0 N–H and O–H groups in total. The molecule has 1 fully saturated rings. The quantitative estimate of drug-likeness (QED) is 0.724. The van der Waals surface area contributed by atoms with Crippen LogP contribution in [-0.4, -0.2) is 31.7 Å². The van der Waals surface area contributed by atoms with Gasteiger partial charge in [-0.2, -0.15) is 0 Å². The minimum Gasteiger partial charge on any atom is -0.329 e. The first-order valence-electron chi connectivity index (χ1n) is 7.88. The molecule has 3 aromatic heterocycles. The predicted octanol–water partition coefficient (Wildman–Crippen LogP) is 3.47. The molecular formula is C17H18N4OS. The number of fused-ring (bicyclic) bond motifs is 1. The zero-order chi connectivity index (χ0) is 15.8. The first-order valence-corrected chi connectivity index (χ1v) is 8.76. The van der Waals surface area contributed by atoms with Gasteiger partial charge in [0.2, 0.25) is 0 Å². The number of amides is 1. The van der Waals surface area contributed by atoms with Crippen molar-refractivity contribution < 1.29 is 4.79 Å². The van der Waals surface area contributed by atoms with Crippen molar-refractivity contribution in [1.29, 1.82) is 0 Å². The van der Waals surface area contributed by atoms with Crippen LogP contribution in [0.25, 0.3) is 5.52 Å². The highest BCUT2D eigenvalue weighted by atomic mass is 32.1. The van der Waals surface area contributed by atoms with Crippen molar-refractivity contribution in [3.05, 3.63) is 52.5 Å². The van der Waals surface area contributed by atoms with Crippen molar-refractivity contribution in [2.75, 3.05) is 6.54 Å². The third-order valence-corrected chi connectivity index (χ3v) is 5.30. The van der Waals surface area contributed by atoms with E-state index in [1.807, 2.05) is 39.9 Å². The van der Waals surface area contributed by atoms with Crippen LogP contribution in [0.4, 0.5) is 0 Å². The van der Waals surface area contributed by atoms with Gasteiger partial charge in [-0.1, -0.05) is 6.07 Å². The minimum atomic E-state index is 0.0527. The maximum absolute atomic E-state index is 12.8. The number of rotatable bonds is 2. The van der Waals surface area contributed by atoms with Crippen LogP contribution in [0.15, 0.2) is 36.1 Å². The SMILES string of the molecule is Cc1nc([C@@H]2CCCCN2C(=O)c2cccs2)cc2cncn12. The zero-order valence-electron chi connectivity index (χ0n) is 13.0.